The van der Waals surface area contributed by atoms with Crippen LogP contribution in [0.4, 0.5) is 8.78 Å². The third kappa shape index (κ3) is 1.91. The monoisotopic (exact) mass is 268 g/mol. The molecule has 0 fully saturated rings. The van der Waals surface area contributed by atoms with Gasteiger partial charge >= 0.3 is 0 Å². The Morgan fingerprint density at radius 1 is 1.22 bits per heavy atom. The smallest absolute Gasteiger partial charge is 0.135 e. The van der Waals surface area contributed by atoms with Crippen LogP contribution < -0.4 is 0 Å². The summed E-state index contributed by atoms with van der Waals surface area (Å²) >= 11 is 5.93. The van der Waals surface area contributed by atoms with Gasteiger partial charge in [-0.2, -0.15) is 0 Å². The zero-order valence-electron chi connectivity index (χ0n) is 9.51. The van der Waals surface area contributed by atoms with Crippen LogP contribution in [0.15, 0.2) is 24.3 Å². The summed E-state index contributed by atoms with van der Waals surface area (Å²) < 4.78 is 29.0. The van der Waals surface area contributed by atoms with Gasteiger partial charge in [-0.25, -0.2) is 13.2 Å². The molecule has 1 aliphatic heterocycles. The molecule has 1 N–H and O–H groups in total. The normalized spacial score (nSPS) is 15.7. The summed E-state index contributed by atoms with van der Waals surface area (Å²) in [7, 11) is 0. The Kier molecular flexibility index (Phi) is 2.84. The predicted octanol–water partition coefficient (Wildman–Crippen LogP) is 3.47. The molecule has 18 heavy (non-hydrogen) atoms. The van der Waals surface area contributed by atoms with Crippen LogP contribution in [-0.2, 0) is 13.0 Å². The molecule has 5 heteroatoms. The summed E-state index contributed by atoms with van der Waals surface area (Å²) in [5.74, 6) is -1.12. The third-order valence-electron chi connectivity index (χ3n) is 3.17. The Morgan fingerprint density at radius 2 is 1.94 bits per heavy atom. The molecule has 2 nitrogen and oxygen atoms in total. The second-order valence-corrected chi connectivity index (χ2v) is 4.86. The minimum absolute atomic E-state index is 0.00646. The fraction of sp³-hybridized carbons (Fsp3) is 0.231. The number of nitrogens with one attached hydrogen (secondary N) is 1. The van der Waals surface area contributed by atoms with E-state index in [1.807, 2.05) is 0 Å². The highest BCUT2D eigenvalue weighted by molar-refractivity contribution is 6.13. The molecular formula is C13H11ClF2N2. The van der Waals surface area contributed by atoms with Crippen LogP contribution in [0, 0.1) is 11.6 Å². The van der Waals surface area contributed by atoms with Crippen molar-refractivity contribution >= 4 is 11.8 Å². The first-order valence-electron chi connectivity index (χ1n) is 5.71. The first-order chi connectivity index (χ1) is 8.65. The average molecular weight is 269 g/mol. The van der Waals surface area contributed by atoms with Gasteiger partial charge in [0.1, 0.15) is 11.6 Å². The van der Waals surface area contributed by atoms with Crippen molar-refractivity contribution in [2.75, 3.05) is 6.54 Å². The fourth-order valence-corrected chi connectivity index (χ4v) is 2.50. The van der Waals surface area contributed by atoms with Gasteiger partial charge in [0.15, 0.2) is 0 Å². The summed E-state index contributed by atoms with van der Waals surface area (Å²) in [5, 5.41) is 0. The summed E-state index contributed by atoms with van der Waals surface area (Å²) in [6, 6.07) is 5.64. The van der Waals surface area contributed by atoms with E-state index < -0.39 is 11.6 Å². The number of hydrogen-bond acceptors (Lipinski definition) is 1. The number of halogens is 3. The number of hydrogen-bond donors (Lipinski definition) is 1. The van der Waals surface area contributed by atoms with Gasteiger partial charge in [0.25, 0.3) is 0 Å². The van der Waals surface area contributed by atoms with Crippen LogP contribution in [-0.4, -0.2) is 15.9 Å². The molecule has 1 aromatic heterocycles. The lowest BCUT2D eigenvalue weighted by Gasteiger charge is -2.18. The number of aromatic amines is 1. The van der Waals surface area contributed by atoms with Gasteiger partial charge in [-0.05, 0) is 35.5 Å². The van der Waals surface area contributed by atoms with Crippen molar-refractivity contribution in [3.05, 3.63) is 47.2 Å². The zero-order chi connectivity index (χ0) is 12.7. The second-order valence-electron chi connectivity index (χ2n) is 4.38. The topological polar surface area (TPSA) is 19.0 Å². The quantitative estimate of drug-likeness (QED) is 0.785. The number of nitrogens with zero attached hydrogens (tertiary/aromatic N) is 1. The number of aromatic nitrogens is 1. The second kappa shape index (κ2) is 4.37. The van der Waals surface area contributed by atoms with Gasteiger partial charge in [-0.3, -0.25) is 0 Å². The number of rotatable bonds is 1. The number of H-pyrrole nitrogens is 1. The highest BCUT2D eigenvalue weighted by Gasteiger charge is 2.20. The highest BCUT2D eigenvalue weighted by atomic mass is 35.5. The molecule has 0 atom stereocenters. The molecule has 2 heterocycles. The number of benzene rings is 1. The van der Waals surface area contributed by atoms with Crippen LogP contribution in [0.3, 0.4) is 0 Å². The van der Waals surface area contributed by atoms with Crippen LogP contribution in [0.1, 0.15) is 11.3 Å². The minimum Gasteiger partial charge on any atom is -0.358 e. The molecule has 0 radical (unpaired) electrons. The van der Waals surface area contributed by atoms with E-state index >= 15 is 0 Å². The number of fused-ring (bicyclic) bond motifs is 1. The Bertz CT molecular complexity index is 574. The fourth-order valence-electron chi connectivity index (χ4n) is 2.29. The summed E-state index contributed by atoms with van der Waals surface area (Å²) in [6.45, 7) is 1.32. The lowest BCUT2D eigenvalue weighted by molar-refractivity contribution is 0.427. The first-order valence-corrected chi connectivity index (χ1v) is 6.05. The summed E-state index contributed by atoms with van der Waals surface area (Å²) in [6.07, 6.45) is 0.759. The van der Waals surface area contributed by atoms with Crippen molar-refractivity contribution in [1.29, 1.82) is 0 Å². The van der Waals surface area contributed by atoms with E-state index in [1.54, 1.807) is 10.5 Å². The van der Waals surface area contributed by atoms with Gasteiger partial charge in [-0.15, -0.1) is 0 Å². The van der Waals surface area contributed by atoms with E-state index in [2.05, 4.69) is 4.98 Å². The van der Waals surface area contributed by atoms with Crippen molar-refractivity contribution < 1.29 is 8.78 Å². The van der Waals surface area contributed by atoms with Crippen molar-refractivity contribution in [2.45, 2.75) is 13.0 Å². The first kappa shape index (κ1) is 11.7. The predicted molar refractivity (Wildman–Crippen MR) is 66.1 cm³/mol. The molecule has 1 aliphatic rings. The molecule has 0 unspecified atom stereocenters. The van der Waals surface area contributed by atoms with E-state index in [0.29, 0.717) is 12.2 Å². The molecule has 0 spiro atoms. The molecular weight excluding hydrogens is 258 g/mol. The molecule has 0 saturated heterocycles. The zero-order valence-corrected chi connectivity index (χ0v) is 10.3. The molecule has 0 aliphatic carbocycles. The largest absolute Gasteiger partial charge is 0.358 e. The molecule has 3 rings (SSSR count). The van der Waals surface area contributed by atoms with Gasteiger partial charge in [-0.1, -0.05) is 6.07 Å². The highest BCUT2D eigenvalue weighted by Crippen LogP contribution is 2.29. The van der Waals surface area contributed by atoms with Gasteiger partial charge in [0.2, 0.25) is 0 Å². The maximum absolute atomic E-state index is 13.7. The average Bonchev–Trinajstić information content (AvgIpc) is 2.71. The molecule has 2 aromatic rings. The molecule has 94 valence electrons. The SMILES string of the molecule is Fc1cccc(F)c1-c1cc2c([nH]1)CCN(Cl)C2. The molecule has 0 bridgehead atoms. The molecule has 1 aromatic carbocycles. The van der Waals surface area contributed by atoms with Crippen LogP contribution in [0.25, 0.3) is 11.3 Å². The maximum atomic E-state index is 13.7. The molecule has 0 amide bonds. The van der Waals surface area contributed by atoms with E-state index in [9.17, 15) is 8.78 Å². The van der Waals surface area contributed by atoms with E-state index in [0.717, 1.165) is 24.2 Å². The molecule has 0 saturated carbocycles. The Morgan fingerprint density at radius 3 is 2.67 bits per heavy atom. The minimum atomic E-state index is -0.559. The Balaban J connectivity index is 2.08. The Hall–Kier alpha value is -1.39. The van der Waals surface area contributed by atoms with Crippen LogP contribution in [0.2, 0.25) is 0 Å². The van der Waals surface area contributed by atoms with E-state index in [-0.39, 0.29) is 5.56 Å². The lowest BCUT2D eigenvalue weighted by Crippen LogP contribution is -2.21. The maximum Gasteiger partial charge on any atom is 0.135 e. The van der Waals surface area contributed by atoms with Crippen molar-refractivity contribution in [3.8, 4) is 11.3 Å². The van der Waals surface area contributed by atoms with E-state index in [1.165, 1.54) is 18.2 Å². The van der Waals surface area contributed by atoms with Crippen molar-refractivity contribution in [2.24, 2.45) is 0 Å². The third-order valence-corrected chi connectivity index (χ3v) is 3.46. The Labute approximate surface area is 108 Å². The summed E-state index contributed by atoms with van der Waals surface area (Å²) in [4.78, 5) is 3.09. The summed E-state index contributed by atoms with van der Waals surface area (Å²) in [5.41, 5.74) is 2.47. The lowest BCUT2D eigenvalue weighted by atomic mass is 10.1. The van der Waals surface area contributed by atoms with Crippen molar-refractivity contribution in [1.82, 2.24) is 9.40 Å². The van der Waals surface area contributed by atoms with Gasteiger partial charge < -0.3 is 4.98 Å². The van der Waals surface area contributed by atoms with Gasteiger partial charge in [0, 0.05) is 25.2 Å². The standard InChI is InChI=1S/C13H11ClF2N2/c14-18-5-4-11-8(7-18)6-12(17-11)13-9(15)2-1-3-10(13)16/h1-3,6,17H,4-5,7H2. The van der Waals surface area contributed by atoms with E-state index in [4.69, 9.17) is 11.8 Å². The van der Waals surface area contributed by atoms with Crippen LogP contribution >= 0.6 is 11.8 Å². The van der Waals surface area contributed by atoms with Gasteiger partial charge in [0.05, 0.1) is 11.3 Å². The van der Waals surface area contributed by atoms with Crippen LogP contribution in [0.5, 0.6) is 0 Å². The van der Waals surface area contributed by atoms with Crippen molar-refractivity contribution in [3.63, 3.8) is 0 Å².